The largest absolute Gasteiger partial charge is 0.390 e. The number of carbonyl (C=O) groups excluding carboxylic acids is 1. The summed E-state index contributed by atoms with van der Waals surface area (Å²) in [6.07, 6.45) is 6.85. The van der Waals surface area contributed by atoms with Gasteiger partial charge in [-0.25, -0.2) is 0 Å². The maximum absolute atomic E-state index is 11.6. The van der Waals surface area contributed by atoms with Gasteiger partial charge in [-0.3, -0.25) is 4.79 Å². The van der Waals surface area contributed by atoms with Gasteiger partial charge in [0.05, 0.1) is 5.60 Å². The highest BCUT2D eigenvalue weighted by Gasteiger charge is 2.23. The van der Waals surface area contributed by atoms with Crippen molar-refractivity contribution in [3.05, 3.63) is 0 Å². The Balaban J connectivity index is 2.37. The third-order valence-electron chi connectivity index (χ3n) is 3.04. The zero-order valence-electron chi connectivity index (χ0n) is 9.38. The van der Waals surface area contributed by atoms with E-state index in [0.29, 0.717) is 5.78 Å². The molecule has 1 fully saturated rings. The van der Waals surface area contributed by atoms with Gasteiger partial charge in [0.25, 0.3) is 0 Å². The Morgan fingerprint density at radius 1 is 1.36 bits per heavy atom. The van der Waals surface area contributed by atoms with Crippen molar-refractivity contribution >= 4 is 5.78 Å². The van der Waals surface area contributed by atoms with Gasteiger partial charge in [-0.2, -0.15) is 0 Å². The molecular weight excluding hydrogens is 176 g/mol. The number of carbonyl (C=O) groups is 1. The fourth-order valence-electron chi connectivity index (χ4n) is 2.06. The first-order valence-electron chi connectivity index (χ1n) is 5.74. The lowest BCUT2D eigenvalue weighted by atomic mass is 9.89. The minimum Gasteiger partial charge on any atom is -0.390 e. The first-order chi connectivity index (χ1) is 6.49. The zero-order valence-corrected chi connectivity index (χ0v) is 9.38. The first kappa shape index (κ1) is 11.7. The van der Waals surface area contributed by atoms with Crippen LogP contribution in [0.2, 0.25) is 0 Å². The monoisotopic (exact) mass is 198 g/mol. The highest BCUT2D eigenvalue weighted by molar-refractivity contribution is 5.81. The molecule has 0 aromatic carbocycles. The van der Waals surface area contributed by atoms with Crippen molar-refractivity contribution in [2.24, 2.45) is 5.92 Å². The van der Waals surface area contributed by atoms with Crippen LogP contribution in [-0.2, 0) is 4.79 Å². The molecule has 0 radical (unpaired) electrons. The molecule has 82 valence electrons. The van der Waals surface area contributed by atoms with E-state index >= 15 is 0 Å². The smallest absolute Gasteiger partial charge is 0.135 e. The Hall–Kier alpha value is -0.370. The Morgan fingerprint density at radius 2 is 2.07 bits per heavy atom. The van der Waals surface area contributed by atoms with Crippen LogP contribution in [0.25, 0.3) is 0 Å². The summed E-state index contributed by atoms with van der Waals surface area (Å²) in [6.45, 7) is 3.63. The van der Waals surface area contributed by atoms with E-state index in [9.17, 15) is 9.90 Å². The lowest BCUT2D eigenvalue weighted by Gasteiger charge is -2.20. The summed E-state index contributed by atoms with van der Waals surface area (Å²) < 4.78 is 0. The molecule has 1 saturated carbocycles. The highest BCUT2D eigenvalue weighted by Crippen LogP contribution is 2.26. The molecule has 1 atom stereocenters. The van der Waals surface area contributed by atoms with E-state index in [0.717, 1.165) is 32.1 Å². The molecular formula is C12H22O2. The molecule has 1 unspecified atom stereocenters. The molecule has 1 aliphatic carbocycles. The number of rotatable bonds is 3. The standard InChI is InChI=1S/C12H22O2/c1-12(2,14)9-8-10-6-4-3-5-7-11(10)13/h10,14H,3-9H2,1-2H3. The van der Waals surface area contributed by atoms with E-state index < -0.39 is 5.60 Å². The van der Waals surface area contributed by atoms with Gasteiger partial charge in [-0.05, 0) is 39.5 Å². The van der Waals surface area contributed by atoms with E-state index in [1.807, 2.05) is 13.8 Å². The molecule has 2 nitrogen and oxygen atoms in total. The number of Topliss-reactive ketones (excluding diaryl/α,β-unsaturated/α-hetero) is 1. The SMILES string of the molecule is CC(C)(O)CCC1CCCCCC1=O. The summed E-state index contributed by atoms with van der Waals surface area (Å²) in [4.78, 5) is 11.6. The van der Waals surface area contributed by atoms with Crippen molar-refractivity contribution in [2.75, 3.05) is 0 Å². The Bertz CT molecular complexity index is 191. The number of aliphatic hydroxyl groups is 1. The van der Waals surface area contributed by atoms with Crippen molar-refractivity contribution in [2.45, 2.75) is 64.4 Å². The van der Waals surface area contributed by atoms with Gasteiger partial charge in [0, 0.05) is 12.3 Å². The van der Waals surface area contributed by atoms with Crippen molar-refractivity contribution in [3.8, 4) is 0 Å². The third kappa shape index (κ3) is 4.23. The van der Waals surface area contributed by atoms with Crippen LogP contribution in [0.5, 0.6) is 0 Å². The summed E-state index contributed by atoms with van der Waals surface area (Å²) in [5.74, 6) is 0.649. The molecule has 1 rings (SSSR count). The summed E-state index contributed by atoms with van der Waals surface area (Å²) in [6, 6.07) is 0. The van der Waals surface area contributed by atoms with E-state index in [1.54, 1.807) is 0 Å². The number of hydrogen-bond donors (Lipinski definition) is 1. The van der Waals surface area contributed by atoms with Gasteiger partial charge in [0.15, 0.2) is 0 Å². The van der Waals surface area contributed by atoms with Crippen LogP contribution in [0.1, 0.15) is 58.8 Å². The molecule has 0 amide bonds. The van der Waals surface area contributed by atoms with Gasteiger partial charge >= 0.3 is 0 Å². The Kier molecular flexibility index (Phi) is 4.11. The van der Waals surface area contributed by atoms with E-state index in [4.69, 9.17) is 0 Å². The summed E-state index contributed by atoms with van der Waals surface area (Å²) in [5, 5.41) is 9.59. The lowest BCUT2D eigenvalue weighted by molar-refractivity contribution is -0.123. The maximum Gasteiger partial charge on any atom is 0.135 e. The fraction of sp³-hybridized carbons (Fsp3) is 0.917. The molecule has 0 aromatic heterocycles. The van der Waals surface area contributed by atoms with Crippen LogP contribution >= 0.6 is 0 Å². The van der Waals surface area contributed by atoms with Crippen molar-refractivity contribution in [3.63, 3.8) is 0 Å². The minimum atomic E-state index is -0.618. The molecule has 0 aliphatic heterocycles. The lowest BCUT2D eigenvalue weighted by Crippen LogP contribution is -2.22. The van der Waals surface area contributed by atoms with Crippen LogP contribution in [0, 0.1) is 5.92 Å². The fourth-order valence-corrected chi connectivity index (χ4v) is 2.06. The predicted molar refractivity (Wildman–Crippen MR) is 57.1 cm³/mol. The number of ketones is 1. The van der Waals surface area contributed by atoms with Crippen LogP contribution < -0.4 is 0 Å². The molecule has 0 bridgehead atoms. The van der Waals surface area contributed by atoms with Crippen molar-refractivity contribution in [1.82, 2.24) is 0 Å². The Morgan fingerprint density at radius 3 is 2.71 bits per heavy atom. The second kappa shape index (κ2) is 4.92. The highest BCUT2D eigenvalue weighted by atomic mass is 16.3. The summed E-state index contributed by atoms with van der Waals surface area (Å²) >= 11 is 0. The van der Waals surface area contributed by atoms with Crippen LogP contribution in [0.3, 0.4) is 0 Å². The zero-order chi connectivity index (χ0) is 10.6. The van der Waals surface area contributed by atoms with Gasteiger partial charge < -0.3 is 5.11 Å². The van der Waals surface area contributed by atoms with Gasteiger partial charge in [0.2, 0.25) is 0 Å². The van der Waals surface area contributed by atoms with E-state index in [-0.39, 0.29) is 5.92 Å². The molecule has 0 aromatic rings. The molecule has 1 aliphatic rings. The molecule has 14 heavy (non-hydrogen) atoms. The topological polar surface area (TPSA) is 37.3 Å². The average Bonchev–Trinajstić information content (AvgIpc) is 2.25. The number of hydrogen-bond acceptors (Lipinski definition) is 2. The van der Waals surface area contributed by atoms with Gasteiger partial charge in [-0.1, -0.05) is 12.8 Å². The van der Waals surface area contributed by atoms with Crippen LogP contribution in [-0.4, -0.2) is 16.5 Å². The predicted octanol–water partition coefficient (Wildman–Crippen LogP) is 2.69. The Labute approximate surface area is 86.7 Å². The second-order valence-corrected chi connectivity index (χ2v) is 5.11. The molecule has 0 saturated heterocycles. The van der Waals surface area contributed by atoms with Crippen LogP contribution in [0.4, 0.5) is 0 Å². The van der Waals surface area contributed by atoms with Gasteiger partial charge in [0.1, 0.15) is 5.78 Å². The maximum atomic E-state index is 11.6. The third-order valence-corrected chi connectivity index (χ3v) is 3.04. The molecule has 0 heterocycles. The first-order valence-corrected chi connectivity index (χ1v) is 5.74. The van der Waals surface area contributed by atoms with Crippen LogP contribution in [0.15, 0.2) is 0 Å². The molecule has 2 heteroatoms. The average molecular weight is 198 g/mol. The second-order valence-electron chi connectivity index (χ2n) is 5.11. The molecule has 1 N–H and O–H groups in total. The van der Waals surface area contributed by atoms with E-state index in [2.05, 4.69) is 0 Å². The van der Waals surface area contributed by atoms with Gasteiger partial charge in [-0.15, -0.1) is 0 Å². The van der Waals surface area contributed by atoms with E-state index in [1.165, 1.54) is 12.8 Å². The quantitative estimate of drug-likeness (QED) is 0.708. The summed E-state index contributed by atoms with van der Waals surface area (Å²) in [7, 11) is 0. The minimum absolute atomic E-state index is 0.226. The normalized spacial score (nSPS) is 24.8. The van der Waals surface area contributed by atoms with Crippen molar-refractivity contribution in [1.29, 1.82) is 0 Å². The van der Waals surface area contributed by atoms with Crippen molar-refractivity contribution < 1.29 is 9.90 Å². The molecule has 0 spiro atoms. The summed E-state index contributed by atoms with van der Waals surface area (Å²) in [5.41, 5.74) is -0.618.